The summed E-state index contributed by atoms with van der Waals surface area (Å²) in [6.07, 6.45) is 10.4. The molecule has 430 valence electrons. The van der Waals surface area contributed by atoms with Gasteiger partial charge in [-0.1, -0.05) is 231 Å². The van der Waals surface area contributed by atoms with Gasteiger partial charge in [0.15, 0.2) is 16.1 Å². The minimum Gasteiger partial charge on any atom is -0.438 e. The number of pyridine rings is 3. The molecule has 7 heterocycles. The number of aromatic nitrogens is 5. The molecule has 0 N–H and O–H groups in total. The van der Waals surface area contributed by atoms with Crippen molar-refractivity contribution in [3.05, 3.63) is 309 Å². The van der Waals surface area contributed by atoms with E-state index in [0.717, 1.165) is 87.3 Å². The molecule has 91 heavy (non-hydrogen) atoms. The average molecular weight is 1220 g/mol. The Morgan fingerprint density at radius 3 is 1.40 bits per heavy atom. The van der Waals surface area contributed by atoms with Crippen molar-refractivity contribution < 1.29 is 4.42 Å². The molecule has 0 spiro atoms. The molecule has 0 unspecified atom stereocenters. The lowest BCUT2D eigenvalue weighted by atomic mass is 10.00. The van der Waals surface area contributed by atoms with E-state index in [4.69, 9.17) is 19.4 Å². The van der Waals surface area contributed by atoms with Gasteiger partial charge in [-0.25, -0.2) is 19.9 Å². The van der Waals surface area contributed by atoms with E-state index in [1.807, 2.05) is 19.2 Å². The van der Waals surface area contributed by atoms with Crippen molar-refractivity contribution >= 4 is 163 Å². The first-order valence-corrected chi connectivity index (χ1v) is 35.5. The van der Waals surface area contributed by atoms with Crippen LogP contribution in [-0.4, -0.2) is 47.0 Å². The van der Waals surface area contributed by atoms with Gasteiger partial charge in [0.2, 0.25) is 5.88 Å². The number of para-hydroxylation sites is 3. The molecule has 0 radical (unpaired) electrons. The summed E-state index contributed by atoms with van der Waals surface area (Å²) in [4.78, 5) is 21.5. The summed E-state index contributed by atoms with van der Waals surface area (Å²) in [5, 5.41) is 17.7. The second kappa shape index (κ2) is 21.9. The van der Waals surface area contributed by atoms with Crippen molar-refractivity contribution in [1.82, 2.24) is 24.1 Å². The van der Waals surface area contributed by atoms with Crippen molar-refractivity contribution in [2.24, 2.45) is 4.99 Å². The van der Waals surface area contributed by atoms with Crippen LogP contribution in [0.2, 0.25) is 0 Å². The molecule has 0 aliphatic heterocycles. The summed E-state index contributed by atoms with van der Waals surface area (Å²) >= 11 is 1.79. The topological polar surface area (TPSA) is 74.0 Å². The largest absolute Gasteiger partial charge is 0.438 e. The smallest absolute Gasteiger partial charge is 0.226 e. The van der Waals surface area contributed by atoms with Crippen LogP contribution in [0.5, 0.6) is 0 Å². The van der Waals surface area contributed by atoms with Crippen molar-refractivity contribution in [3.63, 3.8) is 0 Å². The summed E-state index contributed by atoms with van der Waals surface area (Å²) in [6.45, 7) is 6.11. The lowest BCUT2D eigenvalue weighted by Crippen LogP contribution is -2.75. The third-order valence-corrected chi connectivity index (χ3v) is 29.5. The number of benzene rings is 10. The van der Waals surface area contributed by atoms with Crippen molar-refractivity contribution in [1.29, 1.82) is 0 Å². The average Bonchev–Trinajstić information content (AvgIpc) is 1.72. The van der Waals surface area contributed by atoms with Crippen LogP contribution >= 0.6 is 11.3 Å². The second-order valence-corrected chi connectivity index (χ2v) is 31.8. The first kappa shape index (κ1) is 54.0. The number of nitrogens with zero attached hydrogens (tertiary/aromatic N) is 6. The van der Waals surface area contributed by atoms with Crippen LogP contribution in [0, 0.1) is 0 Å². The summed E-state index contributed by atoms with van der Waals surface area (Å²) < 4.78 is 13.0. The molecule has 17 aromatic rings. The fraction of sp³-hybridized carbons (Fsp3) is 0.0123. The van der Waals surface area contributed by atoms with E-state index in [-0.39, 0.29) is 0 Å². The van der Waals surface area contributed by atoms with Gasteiger partial charge >= 0.3 is 0 Å². The van der Waals surface area contributed by atoms with Gasteiger partial charge in [-0.3, -0.25) is 9.13 Å². The van der Waals surface area contributed by atoms with Gasteiger partial charge in [-0.2, -0.15) is 0 Å². The molecular weight excluding hydrogens is 1160 g/mol. The molecule has 10 heteroatoms. The first-order valence-electron chi connectivity index (χ1n) is 30.7. The van der Waals surface area contributed by atoms with Crippen LogP contribution in [0.15, 0.2) is 313 Å². The second-order valence-electron chi connectivity index (χ2n) is 23.2. The highest BCUT2D eigenvalue weighted by atomic mass is 32.1. The van der Waals surface area contributed by atoms with E-state index in [9.17, 15) is 0 Å². The minimum absolute atomic E-state index is 0.481. The Morgan fingerprint density at radius 1 is 0.407 bits per heavy atom. The summed E-state index contributed by atoms with van der Waals surface area (Å²) in [5.41, 5.74) is 8.14. The maximum atomic E-state index is 7.11. The number of hydrogen-bond donors (Lipinski definition) is 0. The number of furan rings is 1. The van der Waals surface area contributed by atoms with Gasteiger partial charge in [0.25, 0.3) is 0 Å². The van der Waals surface area contributed by atoms with Crippen LogP contribution in [0.3, 0.4) is 0 Å². The van der Waals surface area contributed by atoms with E-state index in [0.29, 0.717) is 5.88 Å². The number of fused-ring (bicyclic) bond motifs is 10. The number of aliphatic imine (C=N–C) groups is 1. The summed E-state index contributed by atoms with van der Waals surface area (Å²) in [7, 11) is -6.44. The Balaban J connectivity index is 0.864. The normalized spacial score (nSPS) is 12.2. The van der Waals surface area contributed by atoms with Crippen molar-refractivity contribution in [2.75, 3.05) is 0 Å². The standard InChI is InChI=1S/C81H56N6OSSi2/c1-3-24-66-69-50-55(51-75(78(69)88-80(66)82-2)91(58-29-12-6-13-30-58,59-31-14-7-15-32-59)61-44-47-76(85-53-61)86-70-38-19-16-33-62(70)63-34-17-20-39-71(63)86)54-42-45-73-68(49-54)64-35-18-21-40-72(64)87(73)77-46-43-60(52-84-77)90(56-25-8-4-9-26-56,57-27-10-5-11-28-57)74-41-22-36-65-67-37-23-48-83-81(67)89-79(65)74/h3-53H,2H2,1H3/b24-3-. The van der Waals surface area contributed by atoms with Gasteiger partial charge in [-0.15, -0.1) is 11.3 Å². The highest BCUT2D eigenvalue weighted by Gasteiger charge is 2.46. The Labute approximate surface area is 531 Å². The van der Waals surface area contributed by atoms with Gasteiger partial charge in [0.05, 0.1) is 22.1 Å². The zero-order valence-electron chi connectivity index (χ0n) is 49.7. The molecule has 7 aromatic heterocycles. The van der Waals surface area contributed by atoms with E-state index < -0.39 is 16.1 Å². The van der Waals surface area contributed by atoms with E-state index in [2.05, 4.69) is 318 Å². The quantitative estimate of drug-likeness (QED) is 0.0655. The Hall–Kier alpha value is -11.1. The van der Waals surface area contributed by atoms with Gasteiger partial charge < -0.3 is 4.42 Å². The van der Waals surface area contributed by atoms with Gasteiger partial charge in [0.1, 0.15) is 22.0 Å². The van der Waals surface area contributed by atoms with E-state index >= 15 is 0 Å². The van der Waals surface area contributed by atoms with Crippen LogP contribution < -0.4 is 41.5 Å². The molecule has 0 aliphatic carbocycles. The lowest BCUT2D eigenvalue weighted by Gasteiger charge is -2.34. The third kappa shape index (κ3) is 8.30. The molecule has 0 bridgehead atoms. The molecular formula is C81H56N6OSSi2. The van der Waals surface area contributed by atoms with E-state index in [1.165, 1.54) is 57.4 Å². The molecule has 0 amide bonds. The highest BCUT2D eigenvalue weighted by molar-refractivity contribution is 7.30. The van der Waals surface area contributed by atoms with Crippen molar-refractivity contribution in [2.45, 2.75) is 6.92 Å². The maximum Gasteiger partial charge on any atom is 0.226 e. The Morgan fingerprint density at radius 2 is 0.879 bits per heavy atom. The number of thiophene rings is 1. The number of rotatable bonds is 13. The predicted molar refractivity (Wildman–Crippen MR) is 388 cm³/mol. The molecule has 0 saturated carbocycles. The zero-order chi connectivity index (χ0) is 60.6. The lowest BCUT2D eigenvalue weighted by molar-refractivity contribution is 0.628. The SMILES string of the molecule is C=Nc1oc2c([Si](c3ccccc3)(c3ccccc3)c3ccc(-n4c5ccccc5c5ccccc54)nc3)cc(-c3ccc4c(c3)c3ccccc3n4-c3ccc([Si](c4ccccc4)(c4ccccc4)c4cccc5c4sc4ncccc45)cn3)cc2c1/C=C\C. The van der Waals surface area contributed by atoms with E-state index in [1.54, 1.807) is 11.3 Å². The first-order chi connectivity index (χ1) is 45.1. The maximum absolute atomic E-state index is 7.11. The monoisotopic (exact) mass is 1220 g/mol. The van der Waals surface area contributed by atoms with Gasteiger partial charge in [0, 0.05) is 66.6 Å². The third-order valence-electron chi connectivity index (χ3n) is 18.6. The fourth-order valence-electron chi connectivity index (χ4n) is 14.8. The zero-order valence-corrected chi connectivity index (χ0v) is 52.5. The number of allylic oxidation sites excluding steroid dienone is 1. The fourth-order valence-corrected chi connectivity index (χ4v) is 26.0. The van der Waals surface area contributed by atoms with Crippen molar-refractivity contribution in [3.8, 4) is 22.8 Å². The summed E-state index contributed by atoms with van der Waals surface area (Å²) in [6, 6.07) is 102. The highest BCUT2D eigenvalue weighted by Crippen LogP contribution is 2.40. The molecule has 0 saturated heterocycles. The Kier molecular flexibility index (Phi) is 13.0. The number of hydrogen-bond acceptors (Lipinski definition) is 6. The molecule has 7 nitrogen and oxygen atoms in total. The summed E-state index contributed by atoms with van der Waals surface area (Å²) in [5.74, 6) is 2.18. The van der Waals surface area contributed by atoms with Gasteiger partial charge in [-0.05, 0) is 127 Å². The molecule has 17 rings (SSSR count). The minimum atomic E-state index is -3.40. The van der Waals surface area contributed by atoms with Crippen LogP contribution in [0.25, 0.3) is 104 Å². The molecule has 0 fully saturated rings. The van der Waals surface area contributed by atoms with Crippen LogP contribution in [0.1, 0.15) is 12.5 Å². The van der Waals surface area contributed by atoms with Crippen LogP contribution in [0.4, 0.5) is 5.88 Å². The van der Waals surface area contributed by atoms with Crippen LogP contribution in [-0.2, 0) is 0 Å². The molecule has 10 aromatic carbocycles. The predicted octanol–water partition coefficient (Wildman–Crippen LogP) is 15.0. The Bertz CT molecular complexity index is 5550. The molecule has 0 atom stereocenters. The molecule has 0 aliphatic rings.